The van der Waals surface area contributed by atoms with Crippen molar-refractivity contribution >= 4 is 5.71 Å². The van der Waals surface area contributed by atoms with E-state index < -0.39 is 5.79 Å². The maximum atomic E-state index is 5.87. The second-order valence-electron chi connectivity index (χ2n) is 4.34. The summed E-state index contributed by atoms with van der Waals surface area (Å²) in [4.78, 5) is 5.15. The van der Waals surface area contributed by atoms with Crippen LogP contribution in [0, 0.1) is 0 Å². The van der Waals surface area contributed by atoms with E-state index in [4.69, 9.17) is 20.0 Å². The zero-order valence-corrected chi connectivity index (χ0v) is 9.82. The molecule has 5 nitrogen and oxygen atoms in total. The molecule has 15 heavy (non-hydrogen) atoms. The van der Waals surface area contributed by atoms with Gasteiger partial charge in [0.15, 0.2) is 5.79 Å². The van der Waals surface area contributed by atoms with Crippen molar-refractivity contribution in [2.24, 2.45) is 10.9 Å². The molecule has 1 heterocycles. The highest BCUT2D eigenvalue weighted by atomic mass is 16.7. The third-order valence-corrected chi connectivity index (χ3v) is 1.99. The van der Waals surface area contributed by atoms with E-state index in [1.807, 2.05) is 27.7 Å². The van der Waals surface area contributed by atoms with Crippen molar-refractivity contribution in [1.82, 2.24) is 0 Å². The van der Waals surface area contributed by atoms with Crippen molar-refractivity contribution in [3.05, 3.63) is 0 Å². The van der Waals surface area contributed by atoms with Crippen LogP contribution in [0.4, 0.5) is 0 Å². The van der Waals surface area contributed by atoms with Crippen LogP contribution in [0.25, 0.3) is 0 Å². The quantitative estimate of drug-likeness (QED) is 0.696. The SMILES string of the molecule is CC(C)ON=C1COC(C)(C)OCC1N. The van der Waals surface area contributed by atoms with Crippen molar-refractivity contribution in [2.45, 2.75) is 45.6 Å². The van der Waals surface area contributed by atoms with Gasteiger partial charge in [0.05, 0.1) is 19.3 Å². The molecule has 0 saturated carbocycles. The smallest absolute Gasteiger partial charge is 0.163 e. The van der Waals surface area contributed by atoms with E-state index in [2.05, 4.69) is 5.16 Å². The summed E-state index contributed by atoms with van der Waals surface area (Å²) in [6.45, 7) is 8.27. The predicted octanol–water partition coefficient (Wildman–Crippen LogP) is 0.878. The highest BCUT2D eigenvalue weighted by Gasteiger charge is 2.28. The molecule has 1 saturated heterocycles. The first-order valence-corrected chi connectivity index (χ1v) is 5.17. The summed E-state index contributed by atoms with van der Waals surface area (Å²) in [5.74, 6) is -0.604. The molecule has 0 bridgehead atoms. The largest absolute Gasteiger partial charge is 0.393 e. The van der Waals surface area contributed by atoms with E-state index >= 15 is 0 Å². The summed E-state index contributed by atoms with van der Waals surface area (Å²) >= 11 is 0. The Balaban J connectivity index is 2.61. The van der Waals surface area contributed by atoms with Gasteiger partial charge in [-0.15, -0.1) is 0 Å². The van der Waals surface area contributed by atoms with Gasteiger partial charge in [-0.3, -0.25) is 0 Å². The highest BCUT2D eigenvalue weighted by Crippen LogP contribution is 2.15. The summed E-state index contributed by atoms with van der Waals surface area (Å²) < 4.78 is 10.9. The van der Waals surface area contributed by atoms with Gasteiger partial charge in [-0.05, 0) is 27.7 Å². The molecule has 1 fully saturated rings. The topological polar surface area (TPSA) is 66.1 Å². The van der Waals surface area contributed by atoms with Gasteiger partial charge in [0, 0.05) is 0 Å². The molecule has 1 rings (SSSR count). The number of rotatable bonds is 2. The Morgan fingerprint density at radius 1 is 1.47 bits per heavy atom. The van der Waals surface area contributed by atoms with E-state index in [0.29, 0.717) is 18.9 Å². The first-order chi connectivity index (χ1) is 6.91. The lowest BCUT2D eigenvalue weighted by Crippen LogP contribution is -2.36. The molecule has 1 aliphatic rings. The maximum absolute atomic E-state index is 5.87. The zero-order chi connectivity index (χ0) is 11.5. The van der Waals surface area contributed by atoms with E-state index in [1.165, 1.54) is 0 Å². The Morgan fingerprint density at radius 2 is 2.13 bits per heavy atom. The Kier molecular flexibility index (Phi) is 4.07. The van der Waals surface area contributed by atoms with Crippen LogP contribution in [-0.2, 0) is 14.3 Å². The standard InChI is InChI=1S/C10H20N2O3/c1-7(2)15-12-9-6-14-10(3,4)13-5-8(9)11/h7-8H,5-6,11H2,1-4H3. The lowest BCUT2D eigenvalue weighted by atomic mass is 10.2. The summed E-state index contributed by atoms with van der Waals surface area (Å²) in [5, 5.41) is 3.98. The third-order valence-electron chi connectivity index (χ3n) is 1.99. The van der Waals surface area contributed by atoms with Gasteiger partial charge in [-0.25, -0.2) is 0 Å². The maximum Gasteiger partial charge on any atom is 0.163 e. The molecule has 0 aromatic carbocycles. The van der Waals surface area contributed by atoms with Crippen LogP contribution in [0.2, 0.25) is 0 Å². The van der Waals surface area contributed by atoms with Crippen LogP contribution in [0.1, 0.15) is 27.7 Å². The summed E-state index contributed by atoms with van der Waals surface area (Å²) in [5.41, 5.74) is 6.56. The normalized spacial score (nSPS) is 29.2. The summed E-state index contributed by atoms with van der Waals surface area (Å²) in [6.07, 6.45) is 0.0434. The number of ether oxygens (including phenoxy) is 2. The fourth-order valence-corrected chi connectivity index (χ4v) is 1.05. The van der Waals surface area contributed by atoms with Gasteiger partial charge in [-0.1, -0.05) is 5.16 Å². The minimum atomic E-state index is -0.604. The van der Waals surface area contributed by atoms with Crippen LogP contribution >= 0.6 is 0 Å². The fourth-order valence-electron chi connectivity index (χ4n) is 1.05. The molecule has 1 unspecified atom stereocenters. The summed E-state index contributed by atoms with van der Waals surface area (Å²) in [7, 11) is 0. The first kappa shape index (κ1) is 12.4. The van der Waals surface area contributed by atoms with Gasteiger partial charge >= 0.3 is 0 Å². The van der Waals surface area contributed by atoms with Gasteiger partial charge in [0.25, 0.3) is 0 Å². The second-order valence-corrected chi connectivity index (χ2v) is 4.34. The van der Waals surface area contributed by atoms with Gasteiger partial charge in [-0.2, -0.15) is 0 Å². The second kappa shape index (κ2) is 4.92. The molecule has 1 aliphatic heterocycles. The molecule has 5 heteroatoms. The lowest BCUT2D eigenvalue weighted by Gasteiger charge is -2.22. The van der Waals surface area contributed by atoms with Crippen LogP contribution in [-0.4, -0.2) is 36.9 Å². The summed E-state index contributed by atoms with van der Waals surface area (Å²) in [6, 6.07) is -0.259. The van der Waals surface area contributed by atoms with Crippen LogP contribution < -0.4 is 5.73 Å². The molecule has 1 atom stereocenters. The molecule has 0 spiro atoms. The van der Waals surface area contributed by atoms with Crippen LogP contribution in [0.5, 0.6) is 0 Å². The lowest BCUT2D eigenvalue weighted by molar-refractivity contribution is -0.197. The van der Waals surface area contributed by atoms with Crippen molar-refractivity contribution < 1.29 is 14.3 Å². The monoisotopic (exact) mass is 216 g/mol. The van der Waals surface area contributed by atoms with Gasteiger partial charge in [0.1, 0.15) is 11.8 Å². The van der Waals surface area contributed by atoms with Crippen molar-refractivity contribution in [2.75, 3.05) is 13.2 Å². The number of nitrogens with zero attached hydrogens (tertiary/aromatic N) is 1. The van der Waals surface area contributed by atoms with E-state index in [1.54, 1.807) is 0 Å². The minimum Gasteiger partial charge on any atom is -0.393 e. The molecule has 88 valence electrons. The predicted molar refractivity (Wildman–Crippen MR) is 57.6 cm³/mol. The number of nitrogens with two attached hydrogens (primary N) is 1. The fraction of sp³-hybridized carbons (Fsp3) is 0.900. The molecule has 2 N–H and O–H groups in total. The average molecular weight is 216 g/mol. The van der Waals surface area contributed by atoms with Crippen molar-refractivity contribution in [1.29, 1.82) is 0 Å². The molecule has 0 aliphatic carbocycles. The Bertz CT molecular complexity index is 239. The third kappa shape index (κ3) is 4.15. The minimum absolute atomic E-state index is 0.0434. The first-order valence-electron chi connectivity index (χ1n) is 5.17. The van der Waals surface area contributed by atoms with Crippen LogP contribution in [0.15, 0.2) is 5.16 Å². The van der Waals surface area contributed by atoms with Crippen molar-refractivity contribution in [3.63, 3.8) is 0 Å². The zero-order valence-electron chi connectivity index (χ0n) is 9.82. The van der Waals surface area contributed by atoms with E-state index in [-0.39, 0.29) is 12.1 Å². The molecule has 0 radical (unpaired) electrons. The van der Waals surface area contributed by atoms with Crippen LogP contribution in [0.3, 0.4) is 0 Å². The molecular weight excluding hydrogens is 196 g/mol. The number of oxime groups is 1. The number of hydrogen-bond acceptors (Lipinski definition) is 5. The molecule has 0 aromatic heterocycles. The van der Waals surface area contributed by atoms with Gasteiger partial charge in [0.2, 0.25) is 0 Å². The Labute approximate surface area is 90.5 Å². The molecule has 0 amide bonds. The molecular formula is C10H20N2O3. The molecule has 0 aromatic rings. The van der Waals surface area contributed by atoms with Crippen molar-refractivity contribution in [3.8, 4) is 0 Å². The average Bonchev–Trinajstić information content (AvgIpc) is 2.25. The highest BCUT2D eigenvalue weighted by molar-refractivity contribution is 5.90. The van der Waals surface area contributed by atoms with E-state index in [0.717, 1.165) is 0 Å². The Morgan fingerprint density at radius 3 is 2.73 bits per heavy atom. The Hall–Kier alpha value is -0.650. The number of hydrogen-bond donors (Lipinski definition) is 1. The van der Waals surface area contributed by atoms with Gasteiger partial charge < -0.3 is 20.0 Å². The van der Waals surface area contributed by atoms with E-state index in [9.17, 15) is 0 Å².